The number of carbonyl (C=O) groups excluding carboxylic acids is 2. The summed E-state index contributed by atoms with van der Waals surface area (Å²) < 4.78 is 0. The predicted molar refractivity (Wildman–Crippen MR) is 89.5 cm³/mol. The van der Waals surface area contributed by atoms with Crippen LogP contribution in [0.25, 0.3) is 0 Å². The Morgan fingerprint density at radius 2 is 1.96 bits per heavy atom. The van der Waals surface area contributed by atoms with Gasteiger partial charge in [-0.25, -0.2) is 4.98 Å². The maximum atomic E-state index is 12.5. The Hall–Kier alpha value is -1.43. The minimum absolute atomic E-state index is 0.0371. The van der Waals surface area contributed by atoms with Gasteiger partial charge in [0.1, 0.15) is 0 Å². The number of hydrogen-bond donors (Lipinski definition) is 1. The van der Waals surface area contributed by atoms with Crippen LogP contribution in [-0.2, 0) is 22.4 Å². The number of hydrogen-bond acceptors (Lipinski definition) is 4. The third-order valence-corrected chi connectivity index (χ3v) is 6.44. The molecule has 23 heavy (non-hydrogen) atoms. The van der Waals surface area contributed by atoms with Gasteiger partial charge in [-0.3, -0.25) is 9.59 Å². The van der Waals surface area contributed by atoms with E-state index in [-0.39, 0.29) is 17.7 Å². The van der Waals surface area contributed by atoms with Crippen molar-refractivity contribution in [3.05, 3.63) is 10.6 Å². The largest absolute Gasteiger partial charge is 0.339 e. The molecule has 1 unspecified atom stereocenters. The highest BCUT2D eigenvalue weighted by Crippen LogP contribution is 2.32. The summed E-state index contributed by atoms with van der Waals surface area (Å²) in [6.45, 7) is 0.584. The molecule has 1 aromatic heterocycles. The summed E-state index contributed by atoms with van der Waals surface area (Å²) in [5.41, 5.74) is 1.16. The number of carbonyl (C=O) groups is 2. The van der Waals surface area contributed by atoms with Crippen LogP contribution in [0.5, 0.6) is 0 Å². The number of fused-ring (bicyclic) bond motifs is 1. The molecule has 2 fully saturated rings. The first-order chi connectivity index (χ1) is 11.2. The number of nitrogens with one attached hydrogen (secondary N) is 1. The molecule has 3 aliphatic rings. The smallest absolute Gasteiger partial charge is 0.231 e. The van der Waals surface area contributed by atoms with Crippen molar-refractivity contribution in [3.63, 3.8) is 0 Å². The fraction of sp³-hybridized carbons (Fsp3) is 0.706. The SMILES string of the molecule is O=C(Nc1nc2c(s1)CCCC2)C1CC(=O)N(C2CCCC2)C1. The molecule has 0 bridgehead atoms. The maximum absolute atomic E-state index is 12.5. The first-order valence-electron chi connectivity index (χ1n) is 8.79. The average molecular weight is 333 g/mol. The quantitative estimate of drug-likeness (QED) is 0.925. The van der Waals surface area contributed by atoms with E-state index >= 15 is 0 Å². The average Bonchev–Trinajstić information content (AvgIpc) is 3.24. The normalized spacial score (nSPS) is 25.0. The van der Waals surface area contributed by atoms with Gasteiger partial charge < -0.3 is 10.2 Å². The maximum Gasteiger partial charge on any atom is 0.231 e. The lowest BCUT2D eigenvalue weighted by molar-refractivity contribution is -0.129. The van der Waals surface area contributed by atoms with E-state index in [1.54, 1.807) is 11.3 Å². The van der Waals surface area contributed by atoms with E-state index in [1.165, 1.54) is 30.6 Å². The van der Waals surface area contributed by atoms with Gasteiger partial charge in [-0.05, 0) is 38.5 Å². The van der Waals surface area contributed by atoms with Crippen molar-refractivity contribution in [2.24, 2.45) is 5.92 Å². The molecule has 1 atom stereocenters. The molecule has 2 amide bonds. The molecule has 124 valence electrons. The van der Waals surface area contributed by atoms with Crippen molar-refractivity contribution < 1.29 is 9.59 Å². The van der Waals surface area contributed by atoms with Gasteiger partial charge >= 0.3 is 0 Å². The first kappa shape index (κ1) is 15.1. The molecule has 0 spiro atoms. The molecule has 1 aliphatic heterocycles. The Labute approximate surface area is 140 Å². The van der Waals surface area contributed by atoms with Crippen LogP contribution >= 0.6 is 11.3 Å². The van der Waals surface area contributed by atoms with E-state index in [1.807, 2.05) is 4.90 Å². The van der Waals surface area contributed by atoms with Crippen LogP contribution in [0.3, 0.4) is 0 Å². The number of nitrogens with zero attached hydrogens (tertiary/aromatic N) is 2. The molecule has 2 heterocycles. The lowest BCUT2D eigenvalue weighted by Crippen LogP contribution is -2.35. The standard InChI is InChI=1S/C17H23N3O2S/c21-15-9-11(10-20(15)12-5-1-2-6-12)16(22)19-17-18-13-7-3-4-8-14(13)23-17/h11-12H,1-10H2,(H,18,19,22). The van der Waals surface area contributed by atoms with Crippen molar-refractivity contribution in [2.75, 3.05) is 11.9 Å². The molecule has 0 aromatic carbocycles. The number of rotatable bonds is 3. The number of anilines is 1. The van der Waals surface area contributed by atoms with Crippen LogP contribution in [0.4, 0.5) is 5.13 Å². The van der Waals surface area contributed by atoms with E-state index in [2.05, 4.69) is 10.3 Å². The lowest BCUT2D eigenvalue weighted by Gasteiger charge is -2.23. The molecule has 0 radical (unpaired) electrons. The molecule has 5 nitrogen and oxygen atoms in total. The third-order valence-electron chi connectivity index (χ3n) is 5.37. The number of aryl methyl sites for hydroxylation is 2. The Kier molecular flexibility index (Phi) is 4.09. The summed E-state index contributed by atoms with van der Waals surface area (Å²) in [5.74, 6) is -0.107. The molecule has 1 N–H and O–H groups in total. The van der Waals surface area contributed by atoms with E-state index in [0.717, 1.165) is 31.4 Å². The van der Waals surface area contributed by atoms with E-state index in [0.29, 0.717) is 24.1 Å². The molecular weight excluding hydrogens is 310 g/mol. The number of thiazole rings is 1. The number of amides is 2. The monoisotopic (exact) mass is 333 g/mol. The second-order valence-corrected chi connectivity index (χ2v) is 8.05. The van der Waals surface area contributed by atoms with Gasteiger partial charge in [-0.2, -0.15) is 0 Å². The Morgan fingerprint density at radius 1 is 1.17 bits per heavy atom. The summed E-state index contributed by atoms with van der Waals surface area (Å²) >= 11 is 1.61. The summed E-state index contributed by atoms with van der Waals surface area (Å²) in [5, 5.41) is 3.68. The van der Waals surface area contributed by atoms with Gasteiger partial charge in [0.25, 0.3) is 0 Å². The fourth-order valence-electron chi connectivity index (χ4n) is 4.09. The molecule has 1 aromatic rings. The summed E-state index contributed by atoms with van der Waals surface area (Å²) in [6, 6.07) is 0.368. The minimum Gasteiger partial charge on any atom is -0.339 e. The van der Waals surface area contributed by atoms with Gasteiger partial charge in [0, 0.05) is 23.9 Å². The van der Waals surface area contributed by atoms with Gasteiger partial charge in [-0.15, -0.1) is 11.3 Å². The van der Waals surface area contributed by atoms with E-state index < -0.39 is 0 Å². The second kappa shape index (κ2) is 6.23. The molecular formula is C17H23N3O2S. The van der Waals surface area contributed by atoms with Crippen LogP contribution in [-0.4, -0.2) is 34.3 Å². The Bertz CT molecular complexity index is 598. The van der Waals surface area contributed by atoms with E-state index in [4.69, 9.17) is 0 Å². The zero-order valence-corrected chi connectivity index (χ0v) is 14.2. The number of aromatic nitrogens is 1. The second-order valence-electron chi connectivity index (χ2n) is 6.97. The summed E-state index contributed by atoms with van der Waals surface area (Å²) in [4.78, 5) is 32.6. The van der Waals surface area contributed by atoms with Crippen LogP contribution in [0.1, 0.15) is 55.5 Å². The van der Waals surface area contributed by atoms with Gasteiger partial charge in [0.15, 0.2) is 5.13 Å². The molecule has 4 rings (SSSR count). The highest BCUT2D eigenvalue weighted by atomic mass is 32.1. The predicted octanol–water partition coefficient (Wildman–Crippen LogP) is 2.75. The minimum atomic E-state index is -0.218. The van der Waals surface area contributed by atoms with Gasteiger partial charge in [0.2, 0.25) is 11.8 Å². The van der Waals surface area contributed by atoms with Crippen molar-refractivity contribution in [1.29, 1.82) is 0 Å². The van der Waals surface area contributed by atoms with Crippen molar-refractivity contribution in [2.45, 2.75) is 63.8 Å². The van der Waals surface area contributed by atoms with Crippen LogP contribution in [0, 0.1) is 5.92 Å². The lowest BCUT2D eigenvalue weighted by atomic mass is 10.0. The molecule has 6 heteroatoms. The summed E-state index contributed by atoms with van der Waals surface area (Å²) in [7, 11) is 0. The van der Waals surface area contributed by atoms with Crippen LogP contribution < -0.4 is 5.32 Å². The highest BCUT2D eigenvalue weighted by molar-refractivity contribution is 7.15. The number of likely N-dealkylation sites (tertiary alicyclic amines) is 1. The van der Waals surface area contributed by atoms with E-state index in [9.17, 15) is 9.59 Å². The Balaban J connectivity index is 1.39. The van der Waals surface area contributed by atoms with Crippen molar-refractivity contribution in [3.8, 4) is 0 Å². The zero-order chi connectivity index (χ0) is 15.8. The van der Waals surface area contributed by atoms with Crippen molar-refractivity contribution in [1.82, 2.24) is 9.88 Å². The fourth-order valence-corrected chi connectivity index (χ4v) is 5.14. The molecule has 2 aliphatic carbocycles. The molecule has 1 saturated carbocycles. The van der Waals surface area contributed by atoms with Gasteiger partial charge in [-0.1, -0.05) is 12.8 Å². The molecule has 1 saturated heterocycles. The van der Waals surface area contributed by atoms with Gasteiger partial charge in [0.05, 0.1) is 11.6 Å². The topological polar surface area (TPSA) is 62.3 Å². The first-order valence-corrected chi connectivity index (χ1v) is 9.61. The van der Waals surface area contributed by atoms with Crippen LogP contribution in [0.15, 0.2) is 0 Å². The third kappa shape index (κ3) is 3.01. The van der Waals surface area contributed by atoms with Crippen LogP contribution in [0.2, 0.25) is 0 Å². The Morgan fingerprint density at radius 3 is 2.74 bits per heavy atom. The summed E-state index contributed by atoms with van der Waals surface area (Å²) in [6.07, 6.45) is 9.48. The highest BCUT2D eigenvalue weighted by Gasteiger charge is 2.38. The zero-order valence-electron chi connectivity index (χ0n) is 13.3. The van der Waals surface area contributed by atoms with Crippen molar-refractivity contribution >= 4 is 28.3 Å².